The van der Waals surface area contributed by atoms with E-state index in [2.05, 4.69) is 15.4 Å². The molecule has 27 heavy (non-hydrogen) atoms. The first-order valence-electron chi connectivity index (χ1n) is 9.09. The second kappa shape index (κ2) is 6.96. The minimum Gasteiger partial charge on any atom is -0.465 e. The van der Waals surface area contributed by atoms with Crippen LogP contribution in [0.25, 0.3) is 0 Å². The van der Waals surface area contributed by atoms with Crippen molar-refractivity contribution in [1.29, 1.82) is 0 Å². The SMILES string of the molecule is O=C(O)NC12CCC(C(=O)NCC(=O)[C@H]3C[C@@H](OC(F)(F)F)C3)(CC1)CC2. The van der Waals surface area contributed by atoms with Crippen molar-refractivity contribution in [2.24, 2.45) is 11.3 Å². The molecule has 152 valence electrons. The molecule has 2 amide bonds. The van der Waals surface area contributed by atoms with E-state index in [0.717, 1.165) is 0 Å². The molecule has 0 aliphatic heterocycles. The molecule has 3 N–H and O–H groups in total. The molecular formula is C17H23F3N2O5. The number of rotatable bonds is 6. The highest BCUT2D eigenvalue weighted by molar-refractivity contribution is 5.90. The molecule has 4 fully saturated rings. The van der Waals surface area contributed by atoms with Gasteiger partial charge < -0.3 is 15.7 Å². The number of carbonyl (C=O) groups is 3. The van der Waals surface area contributed by atoms with E-state index in [4.69, 9.17) is 5.11 Å². The van der Waals surface area contributed by atoms with E-state index in [-0.39, 0.29) is 31.1 Å². The molecule has 7 nitrogen and oxygen atoms in total. The number of fused-ring (bicyclic) bond motifs is 3. The van der Waals surface area contributed by atoms with Crippen LogP contribution in [0.3, 0.4) is 0 Å². The average Bonchev–Trinajstić information content (AvgIpc) is 2.55. The molecule has 4 rings (SSSR count). The molecule has 0 radical (unpaired) electrons. The third-order valence-electron chi connectivity index (χ3n) is 6.37. The van der Waals surface area contributed by atoms with Crippen molar-refractivity contribution < 1.29 is 37.4 Å². The molecule has 0 saturated heterocycles. The Morgan fingerprint density at radius 3 is 2.07 bits per heavy atom. The Labute approximate surface area is 154 Å². The number of carboxylic acid groups (broad SMARTS) is 1. The molecule has 0 aromatic heterocycles. The summed E-state index contributed by atoms with van der Waals surface area (Å²) in [6.07, 6.45) is -3.30. The van der Waals surface area contributed by atoms with E-state index in [1.807, 2.05) is 0 Å². The van der Waals surface area contributed by atoms with Gasteiger partial charge in [0.05, 0.1) is 12.6 Å². The lowest BCUT2D eigenvalue weighted by Gasteiger charge is -2.52. The van der Waals surface area contributed by atoms with Gasteiger partial charge in [-0.05, 0) is 51.4 Å². The van der Waals surface area contributed by atoms with Gasteiger partial charge in [0.1, 0.15) is 0 Å². The van der Waals surface area contributed by atoms with E-state index in [9.17, 15) is 27.6 Å². The van der Waals surface area contributed by atoms with Gasteiger partial charge in [-0.25, -0.2) is 4.79 Å². The predicted octanol–water partition coefficient (Wildman–Crippen LogP) is 2.35. The first-order chi connectivity index (χ1) is 12.5. The van der Waals surface area contributed by atoms with Crippen molar-refractivity contribution >= 4 is 17.8 Å². The Bertz CT molecular complexity index is 606. The third kappa shape index (κ3) is 4.36. The van der Waals surface area contributed by atoms with Crippen molar-refractivity contribution in [3.05, 3.63) is 0 Å². The Morgan fingerprint density at radius 2 is 1.59 bits per heavy atom. The molecule has 0 heterocycles. The normalized spacial score (nSPS) is 35.2. The molecule has 4 aliphatic rings. The lowest BCUT2D eigenvalue weighted by Crippen LogP contribution is -2.59. The smallest absolute Gasteiger partial charge is 0.465 e. The molecule has 0 spiro atoms. The zero-order chi connectivity index (χ0) is 19.9. The van der Waals surface area contributed by atoms with Gasteiger partial charge in [0.2, 0.25) is 5.91 Å². The zero-order valence-electron chi connectivity index (χ0n) is 14.7. The van der Waals surface area contributed by atoms with Crippen LogP contribution in [0.1, 0.15) is 51.4 Å². The van der Waals surface area contributed by atoms with Crippen LogP contribution in [0.4, 0.5) is 18.0 Å². The van der Waals surface area contributed by atoms with Crippen molar-refractivity contribution in [3.63, 3.8) is 0 Å². The average molecular weight is 392 g/mol. The van der Waals surface area contributed by atoms with Crippen molar-refractivity contribution in [2.75, 3.05) is 6.54 Å². The van der Waals surface area contributed by atoms with E-state index in [1.165, 1.54) is 0 Å². The number of ether oxygens (including phenoxy) is 1. The number of Topliss-reactive ketones (excluding diaryl/α,β-unsaturated/α-hetero) is 1. The van der Waals surface area contributed by atoms with Crippen LogP contribution in [0.15, 0.2) is 0 Å². The minimum absolute atomic E-state index is 0.0166. The number of nitrogens with one attached hydrogen (secondary N) is 2. The first kappa shape index (κ1) is 19.9. The second-order valence-electron chi connectivity index (χ2n) is 7.99. The molecule has 4 saturated carbocycles. The number of ketones is 1. The number of carbonyl (C=O) groups excluding carboxylic acids is 2. The number of hydrogen-bond acceptors (Lipinski definition) is 4. The molecule has 0 atom stereocenters. The molecular weight excluding hydrogens is 369 g/mol. The highest BCUT2D eigenvalue weighted by atomic mass is 19.4. The Hall–Kier alpha value is -1.84. The van der Waals surface area contributed by atoms with Crippen molar-refractivity contribution in [3.8, 4) is 0 Å². The summed E-state index contributed by atoms with van der Waals surface area (Å²) in [6.45, 7) is -0.192. The Balaban J connectivity index is 1.43. The highest BCUT2D eigenvalue weighted by Gasteiger charge is 2.53. The lowest BCUT2D eigenvalue weighted by molar-refractivity contribution is -0.353. The molecule has 10 heteroatoms. The van der Waals surface area contributed by atoms with Crippen LogP contribution in [-0.2, 0) is 14.3 Å². The van der Waals surface area contributed by atoms with Gasteiger partial charge in [-0.3, -0.25) is 14.3 Å². The van der Waals surface area contributed by atoms with Crippen LogP contribution in [0.2, 0.25) is 0 Å². The molecule has 0 aromatic carbocycles. The molecule has 2 bridgehead atoms. The Kier molecular flexibility index (Phi) is 5.13. The van der Waals surface area contributed by atoms with Crippen LogP contribution in [-0.4, -0.2) is 47.4 Å². The van der Waals surface area contributed by atoms with Gasteiger partial charge in [0.15, 0.2) is 5.78 Å². The predicted molar refractivity (Wildman–Crippen MR) is 85.7 cm³/mol. The second-order valence-corrected chi connectivity index (χ2v) is 7.99. The monoisotopic (exact) mass is 392 g/mol. The summed E-state index contributed by atoms with van der Waals surface area (Å²) in [4.78, 5) is 35.6. The van der Waals surface area contributed by atoms with Gasteiger partial charge in [-0.15, -0.1) is 13.2 Å². The van der Waals surface area contributed by atoms with Crippen LogP contribution in [0.5, 0.6) is 0 Å². The first-order valence-corrected chi connectivity index (χ1v) is 9.09. The molecule has 0 aromatic rings. The van der Waals surface area contributed by atoms with Crippen molar-refractivity contribution in [1.82, 2.24) is 10.6 Å². The van der Waals surface area contributed by atoms with Gasteiger partial charge in [-0.1, -0.05) is 0 Å². The number of amides is 2. The van der Waals surface area contributed by atoms with Gasteiger partial charge in [0, 0.05) is 16.9 Å². The lowest BCUT2D eigenvalue weighted by atomic mass is 9.57. The van der Waals surface area contributed by atoms with E-state index >= 15 is 0 Å². The third-order valence-corrected chi connectivity index (χ3v) is 6.37. The summed E-state index contributed by atoms with van der Waals surface area (Å²) < 4.78 is 40.2. The number of alkyl halides is 3. The van der Waals surface area contributed by atoms with Crippen LogP contribution < -0.4 is 10.6 Å². The largest absolute Gasteiger partial charge is 0.522 e. The fourth-order valence-electron chi connectivity index (χ4n) is 4.55. The summed E-state index contributed by atoms with van der Waals surface area (Å²) in [5.74, 6) is -1.02. The summed E-state index contributed by atoms with van der Waals surface area (Å²) >= 11 is 0. The van der Waals surface area contributed by atoms with E-state index in [0.29, 0.717) is 38.5 Å². The fraction of sp³-hybridized carbons (Fsp3) is 0.824. The molecule has 0 unspecified atom stereocenters. The van der Waals surface area contributed by atoms with Gasteiger partial charge in [-0.2, -0.15) is 0 Å². The summed E-state index contributed by atoms with van der Waals surface area (Å²) in [6, 6.07) is 0. The summed E-state index contributed by atoms with van der Waals surface area (Å²) in [5.41, 5.74) is -1.03. The minimum atomic E-state index is -4.70. The zero-order valence-corrected chi connectivity index (χ0v) is 14.7. The topological polar surface area (TPSA) is 105 Å². The van der Waals surface area contributed by atoms with Crippen LogP contribution in [0, 0.1) is 11.3 Å². The van der Waals surface area contributed by atoms with E-state index < -0.39 is 35.4 Å². The number of hydrogen-bond donors (Lipinski definition) is 3. The number of halogens is 3. The maximum absolute atomic E-state index is 12.6. The maximum Gasteiger partial charge on any atom is 0.522 e. The standard InChI is InChI=1S/C17H23F3N2O5/c18-17(19,20)27-11-7-10(8-11)12(23)9-21-13(24)15-1-4-16(5-2-15,6-3-15)22-14(25)26/h10-11,22H,1-9H2,(H,21,24)(H,25,26)/t10-,11+,15?,16?. The van der Waals surface area contributed by atoms with Gasteiger partial charge >= 0.3 is 12.5 Å². The van der Waals surface area contributed by atoms with Crippen molar-refractivity contribution in [2.45, 2.75) is 69.4 Å². The van der Waals surface area contributed by atoms with Gasteiger partial charge in [0.25, 0.3) is 0 Å². The van der Waals surface area contributed by atoms with Crippen LogP contribution >= 0.6 is 0 Å². The molecule has 4 aliphatic carbocycles. The summed E-state index contributed by atoms with van der Waals surface area (Å²) in [7, 11) is 0. The van der Waals surface area contributed by atoms with E-state index in [1.54, 1.807) is 0 Å². The fourth-order valence-corrected chi connectivity index (χ4v) is 4.55. The quantitative estimate of drug-likeness (QED) is 0.644. The maximum atomic E-state index is 12.6. The highest BCUT2D eigenvalue weighted by Crippen LogP contribution is 2.52. The Morgan fingerprint density at radius 1 is 1.04 bits per heavy atom. The summed E-state index contributed by atoms with van der Waals surface area (Å²) in [5, 5.41) is 14.2.